The highest BCUT2D eigenvalue weighted by atomic mass is 31.2. The number of unbranched alkanes of at least 4 members (excludes halogenated alkanes) is 34. The van der Waals surface area contributed by atoms with Gasteiger partial charge in [-0.1, -0.05) is 297 Å². The van der Waals surface area contributed by atoms with E-state index in [0.29, 0.717) is 17.4 Å². The number of phosphoric acid groups is 1. The van der Waals surface area contributed by atoms with Crippen molar-refractivity contribution < 1.29 is 42.1 Å². The zero-order valence-electron chi connectivity index (χ0n) is 55.3. The molecule has 2 atom stereocenters. The topological polar surface area (TPSA) is 111 Å². The standard InChI is InChI=1S/C74H132NO8P/c1-6-8-10-12-14-16-18-20-22-24-26-28-30-32-34-36-37-39-41-43-45-47-49-51-53-55-57-59-61-63-65-67-74(77)83-72(71-82-84(78,79)81-69-68-75(3,4)5)70-80-73(76)66-64-62-60-58-56-54-52-50-48-46-44-42-40-38-35-33-31-29-27-25-23-21-19-17-15-13-11-9-7-2/h8,10,14,16,19-22,25-28,32,34,37,39,72H,6-7,9,11-13,15,17-18,23-24,29-31,33,35-36,38,40-71H2,1-5H3/b10-8-,16-14-,21-19-,22-20-,27-25-,28-26-,34-32-,39-37-. The van der Waals surface area contributed by atoms with Crippen molar-refractivity contribution in [3.8, 4) is 0 Å². The van der Waals surface area contributed by atoms with Gasteiger partial charge in [-0.3, -0.25) is 14.2 Å². The molecule has 0 aliphatic heterocycles. The summed E-state index contributed by atoms with van der Waals surface area (Å²) >= 11 is 0. The van der Waals surface area contributed by atoms with E-state index in [4.69, 9.17) is 18.5 Å². The number of carbonyl (C=O) groups excluding carboxylic acids is 2. The predicted octanol–water partition coefficient (Wildman–Crippen LogP) is 22.1. The Balaban J connectivity index is 4.06. The van der Waals surface area contributed by atoms with Gasteiger partial charge in [0.1, 0.15) is 19.8 Å². The molecular weight excluding hydrogens is 1060 g/mol. The molecule has 84 heavy (non-hydrogen) atoms. The fourth-order valence-electron chi connectivity index (χ4n) is 9.75. The number of quaternary nitrogens is 1. The fraction of sp³-hybridized carbons (Fsp3) is 0.757. The quantitative estimate of drug-likeness (QED) is 0.0195. The van der Waals surface area contributed by atoms with Crippen LogP contribution in [0.1, 0.15) is 309 Å². The summed E-state index contributed by atoms with van der Waals surface area (Å²) in [5.74, 6) is -0.828. The monoisotopic (exact) mass is 1190 g/mol. The van der Waals surface area contributed by atoms with Crippen molar-refractivity contribution in [2.24, 2.45) is 0 Å². The molecule has 0 rings (SSSR count). The van der Waals surface area contributed by atoms with Gasteiger partial charge in [0.2, 0.25) is 0 Å². The highest BCUT2D eigenvalue weighted by Gasteiger charge is 2.22. The van der Waals surface area contributed by atoms with Gasteiger partial charge in [0.15, 0.2) is 6.10 Å². The normalized spacial score (nSPS) is 13.7. The van der Waals surface area contributed by atoms with E-state index in [1.54, 1.807) is 0 Å². The second kappa shape index (κ2) is 64.4. The summed E-state index contributed by atoms with van der Waals surface area (Å²) in [7, 11) is 1.17. The molecular formula is C74H132NO8P. The summed E-state index contributed by atoms with van der Waals surface area (Å²) in [5, 5.41) is 0. The molecule has 9 nitrogen and oxygen atoms in total. The van der Waals surface area contributed by atoms with Gasteiger partial charge < -0.3 is 27.9 Å². The van der Waals surface area contributed by atoms with Gasteiger partial charge in [-0.15, -0.1) is 0 Å². The van der Waals surface area contributed by atoms with Gasteiger partial charge in [-0.25, -0.2) is 0 Å². The number of nitrogens with zero attached hydrogens (tertiary/aromatic N) is 1. The number of rotatable bonds is 64. The predicted molar refractivity (Wildman–Crippen MR) is 360 cm³/mol. The van der Waals surface area contributed by atoms with E-state index >= 15 is 0 Å². The van der Waals surface area contributed by atoms with Crippen LogP contribution in [0.4, 0.5) is 0 Å². The highest BCUT2D eigenvalue weighted by molar-refractivity contribution is 7.45. The maximum absolute atomic E-state index is 12.9. The molecule has 0 saturated carbocycles. The summed E-state index contributed by atoms with van der Waals surface area (Å²) in [6.45, 7) is 4.14. The molecule has 0 aliphatic rings. The van der Waals surface area contributed by atoms with E-state index in [9.17, 15) is 19.0 Å². The largest absolute Gasteiger partial charge is 0.756 e. The molecule has 0 fully saturated rings. The van der Waals surface area contributed by atoms with Crippen molar-refractivity contribution in [3.63, 3.8) is 0 Å². The number of carbonyl (C=O) groups is 2. The molecule has 0 aromatic carbocycles. The SMILES string of the molecule is CC/C=C\C/C=C\C/C=C\C/C=C\C/C=C\C/C=C\CCCCCCCCCCCCCCC(=O)OC(COC(=O)CCCCCCCCCCCCCCCCCCC/C=C\C/C=C\CCCCCCC)COP(=O)([O-])OCC[N+](C)(C)C. The van der Waals surface area contributed by atoms with Gasteiger partial charge in [-0.2, -0.15) is 0 Å². The Morgan fingerprint density at radius 2 is 0.679 bits per heavy atom. The Hall–Kier alpha value is -3.07. The fourth-order valence-corrected chi connectivity index (χ4v) is 10.5. The van der Waals surface area contributed by atoms with Crippen LogP contribution in [0.25, 0.3) is 0 Å². The lowest BCUT2D eigenvalue weighted by Gasteiger charge is -2.28. The van der Waals surface area contributed by atoms with Gasteiger partial charge in [0, 0.05) is 12.8 Å². The third-order valence-corrected chi connectivity index (χ3v) is 16.1. The van der Waals surface area contributed by atoms with Gasteiger partial charge >= 0.3 is 11.9 Å². The second-order valence-electron chi connectivity index (χ2n) is 24.5. The average molecular weight is 1190 g/mol. The van der Waals surface area contributed by atoms with Crippen molar-refractivity contribution in [2.75, 3.05) is 47.5 Å². The van der Waals surface area contributed by atoms with Crippen LogP contribution in [-0.2, 0) is 32.7 Å². The van der Waals surface area contributed by atoms with Gasteiger partial charge in [0.25, 0.3) is 7.82 Å². The summed E-state index contributed by atoms with van der Waals surface area (Å²) in [6, 6.07) is 0. The van der Waals surface area contributed by atoms with E-state index in [1.807, 2.05) is 21.1 Å². The molecule has 0 amide bonds. The third kappa shape index (κ3) is 68.0. The van der Waals surface area contributed by atoms with Crippen LogP contribution in [0, 0.1) is 0 Å². The van der Waals surface area contributed by atoms with Crippen LogP contribution in [0.2, 0.25) is 0 Å². The molecule has 2 unspecified atom stereocenters. The second-order valence-corrected chi connectivity index (χ2v) is 25.9. The summed E-state index contributed by atoms with van der Waals surface area (Å²) < 4.78 is 34.3. The number of allylic oxidation sites excluding steroid dienone is 16. The van der Waals surface area contributed by atoms with Crippen molar-refractivity contribution in [1.82, 2.24) is 0 Å². The Labute approximate surface area is 519 Å². The average Bonchev–Trinajstić information content (AvgIpc) is 3.61. The maximum Gasteiger partial charge on any atom is 0.306 e. The number of hydrogen-bond donors (Lipinski definition) is 0. The number of hydrogen-bond acceptors (Lipinski definition) is 8. The van der Waals surface area contributed by atoms with E-state index in [0.717, 1.165) is 83.5 Å². The van der Waals surface area contributed by atoms with E-state index in [2.05, 4.69) is 111 Å². The first-order valence-corrected chi connectivity index (χ1v) is 36.4. The van der Waals surface area contributed by atoms with E-state index < -0.39 is 26.5 Å². The first kappa shape index (κ1) is 80.9. The first-order chi connectivity index (χ1) is 41.0. The molecule has 0 aliphatic carbocycles. The Morgan fingerprint density at radius 3 is 1.01 bits per heavy atom. The summed E-state index contributed by atoms with van der Waals surface area (Å²) in [5.41, 5.74) is 0. The Kier molecular flexibility index (Phi) is 62.1. The molecule has 0 heterocycles. The van der Waals surface area contributed by atoms with Crippen LogP contribution >= 0.6 is 7.82 Å². The number of ether oxygens (including phenoxy) is 2. The lowest BCUT2D eigenvalue weighted by atomic mass is 10.0. The summed E-state index contributed by atoms with van der Waals surface area (Å²) in [6.07, 6.45) is 89.1. The zero-order valence-corrected chi connectivity index (χ0v) is 56.2. The molecule has 10 heteroatoms. The minimum absolute atomic E-state index is 0.0336. The van der Waals surface area contributed by atoms with Crippen molar-refractivity contribution >= 4 is 19.8 Å². The lowest BCUT2D eigenvalue weighted by molar-refractivity contribution is -0.870. The Bertz CT molecular complexity index is 1740. The molecule has 486 valence electrons. The van der Waals surface area contributed by atoms with Gasteiger partial charge in [-0.05, 0) is 96.3 Å². The lowest BCUT2D eigenvalue weighted by Crippen LogP contribution is -2.37. The van der Waals surface area contributed by atoms with E-state index in [-0.39, 0.29) is 32.0 Å². The maximum atomic E-state index is 12.9. The van der Waals surface area contributed by atoms with Crippen LogP contribution in [0.3, 0.4) is 0 Å². The van der Waals surface area contributed by atoms with Gasteiger partial charge in [0.05, 0.1) is 27.7 Å². The molecule has 0 saturated heterocycles. The molecule has 0 radical (unpaired) electrons. The minimum Gasteiger partial charge on any atom is -0.756 e. The number of esters is 2. The Morgan fingerprint density at radius 1 is 0.381 bits per heavy atom. The smallest absolute Gasteiger partial charge is 0.306 e. The summed E-state index contributed by atoms with van der Waals surface area (Å²) in [4.78, 5) is 38.1. The first-order valence-electron chi connectivity index (χ1n) is 34.9. The molecule has 0 aromatic heterocycles. The zero-order chi connectivity index (χ0) is 61.2. The number of phosphoric ester groups is 1. The highest BCUT2D eigenvalue weighted by Crippen LogP contribution is 2.38. The third-order valence-electron chi connectivity index (χ3n) is 15.1. The van der Waals surface area contributed by atoms with Crippen LogP contribution in [0.15, 0.2) is 97.2 Å². The van der Waals surface area contributed by atoms with Crippen LogP contribution in [-0.4, -0.2) is 70.0 Å². The van der Waals surface area contributed by atoms with Crippen molar-refractivity contribution in [1.29, 1.82) is 0 Å². The van der Waals surface area contributed by atoms with Crippen LogP contribution < -0.4 is 4.89 Å². The van der Waals surface area contributed by atoms with E-state index in [1.165, 1.54) is 193 Å². The molecule has 0 aromatic rings. The van der Waals surface area contributed by atoms with Crippen molar-refractivity contribution in [2.45, 2.75) is 315 Å². The molecule has 0 bridgehead atoms. The molecule has 0 N–H and O–H groups in total. The van der Waals surface area contributed by atoms with Crippen LogP contribution in [0.5, 0.6) is 0 Å². The van der Waals surface area contributed by atoms with Crippen molar-refractivity contribution in [3.05, 3.63) is 97.2 Å². The number of likely N-dealkylation sites (N-methyl/N-ethyl adjacent to an activating group) is 1. The minimum atomic E-state index is -4.65. The molecule has 0 spiro atoms.